The smallest absolute Gasteiger partial charge is 0.128 e. The fourth-order valence-corrected chi connectivity index (χ4v) is 4.69. The average Bonchev–Trinajstić information content (AvgIpc) is 2.92. The van der Waals surface area contributed by atoms with E-state index in [1.165, 1.54) is 10.9 Å². The Morgan fingerprint density at radius 3 is 2.22 bits per heavy atom. The summed E-state index contributed by atoms with van der Waals surface area (Å²) >= 11 is 0. The van der Waals surface area contributed by atoms with Crippen LogP contribution in [0.3, 0.4) is 0 Å². The van der Waals surface area contributed by atoms with Crippen molar-refractivity contribution in [2.75, 3.05) is 0 Å². The Hall–Kier alpha value is -4.50. The summed E-state index contributed by atoms with van der Waals surface area (Å²) in [6.45, 7) is 6.67. The predicted molar refractivity (Wildman–Crippen MR) is 153 cm³/mol. The minimum Gasteiger partial charge on any atom is -0.457 e. The van der Waals surface area contributed by atoms with Gasteiger partial charge in [-0.05, 0) is 69.6 Å². The highest BCUT2D eigenvalue weighted by Gasteiger charge is 2.16. The first-order chi connectivity index (χ1) is 17.9. The van der Waals surface area contributed by atoms with Gasteiger partial charge in [-0.3, -0.25) is 9.97 Å². The van der Waals surface area contributed by atoms with Crippen molar-refractivity contribution in [1.29, 1.82) is 0 Å². The van der Waals surface area contributed by atoms with E-state index in [1.807, 2.05) is 36.7 Å². The number of aromatic nitrogens is 2. The van der Waals surface area contributed by atoms with Crippen LogP contribution in [0.15, 0.2) is 116 Å². The highest BCUT2D eigenvalue weighted by molar-refractivity contribution is 5.97. The number of rotatable bonds is 4. The summed E-state index contributed by atoms with van der Waals surface area (Å²) in [5, 5.41) is 4.57. The van der Waals surface area contributed by atoms with Crippen LogP contribution in [0, 0.1) is 0 Å². The molecule has 37 heavy (non-hydrogen) atoms. The fourth-order valence-electron chi connectivity index (χ4n) is 4.69. The lowest BCUT2D eigenvalue weighted by molar-refractivity contribution is 0.484. The molecule has 0 aliphatic rings. The third-order valence-electron chi connectivity index (χ3n) is 6.73. The molecule has 2 aromatic heterocycles. The van der Waals surface area contributed by atoms with Gasteiger partial charge >= 0.3 is 0 Å². The van der Waals surface area contributed by atoms with Crippen LogP contribution in [0.5, 0.6) is 11.5 Å². The van der Waals surface area contributed by atoms with Gasteiger partial charge in [0.05, 0.1) is 11.4 Å². The lowest BCUT2D eigenvalue weighted by atomic mass is 9.86. The largest absolute Gasteiger partial charge is 0.457 e. The molecule has 2 heterocycles. The molecular formula is C34H28N2O. The molecule has 6 rings (SSSR count). The van der Waals surface area contributed by atoms with E-state index >= 15 is 0 Å². The van der Waals surface area contributed by atoms with E-state index in [1.54, 1.807) is 0 Å². The normalized spacial score (nSPS) is 11.6. The standard InChI is InChI=1S/C34H28N2O/c1-34(2,3)27-15-16-35-33(20-27)31-21-29(17-24-10-6-7-14-30(24)31)37-28-13-8-12-25(18-28)32-19-23-9-4-5-11-26(23)22-36-32/h4-22H,1-3H3. The van der Waals surface area contributed by atoms with Crippen molar-refractivity contribution in [3.8, 4) is 34.0 Å². The van der Waals surface area contributed by atoms with E-state index in [4.69, 9.17) is 9.72 Å². The molecule has 6 aromatic rings. The maximum absolute atomic E-state index is 6.44. The van der Waals surface area contributed by atoms with Crippen molar-refractivity contribution < 1.29 is 4.74 Å². The number of benzene rings is 4. The van der Waals surface area contributed by atoms with Crippen LogP contribution in [-0.4, -0.2) is 9.97 Å². The van der Waals surface area contributed by atoms with Crippen molar-refractivity contribution >= 4 is 21.5 Å². The van der Waals surface area contributed by atoms with E-state index in [0.717, 1.165) is 50.2 Å². The molecule has 3 nitrogen and oxygen atoms in total. The molecule has 0 aliphatic carbocycles. The minimum atomic E-state index is 0.0405. The van der Waals surface area contributed by atoms with Gasteiger partial charge in [-0.25, -0.2) is 0 Å². The van der Waals surface area contributed by atoms with Crippen LogP contribution in [-0.2, 0) is 5.41 Å². The SMILES string of the molecule is CC(C)(C)c1ccnc(-c2cc(Oc3cccc(-c4cc5ccccc5cn4)c3)cc3ccccc23)c1. The molecule has 0 fully saturated rings. The Morgan fingerprint density at radius 1 is 0.595 bits per heavy atom. The van der Waals surface area contributed by atoms with Crippen molar-refractivity contribution in [2.24, 2.45) is 0 Å². The summed E-state index contributed by atoms with van der Waals surface area (Å²) in [4.78, 5) is 9.42. The molecule has 3 heteroatoms. The van der Waals surface area contributed by atoms with Crippen LogP contribution in [0.4, 0.5) is 0 Å². The zero-order chi connectivity index (χ0) is 25.4. The maximum Gasteiger partial charge on any atom is 0.128 e. The molecule has 0 amide bonds. The van der Waals surface area contributed by atoms with Crippen molar-refractivity contribution in [3.05, 3.63) is 121 Å². The predicted octanol–water partition coefficient (Wildman–Crippen LogP) is 9.21. The molecule has 0 bridgehead atoms. The third kappa shape index (κ3) is 4.68. The Balaban J connectivity index is 1.40. The van der Waals surface area contributed by atoms with Gasteiger partial charge in [-0.2, -0.15) is 0 Å². The summed E-state index contributed by atoms with van der Waals surface area (Å²) in [6.07, 6.45) is 3.82. The number of nitrogens with zero attached hydrogens (tertiary/aromatic N) is 2. The number of fused-ring (bicyclic) bond motifs is 2. The second-order valence-corrected chi connectivity index (χ2v) is 10.4. The molecule has 0 saturated heterocycles. The van der Waals surface area contributed by atoms with Gasteiger partial charge in [0, 0.05) is 28.9 Å². The molecule has 0 aliphatic heterocycles. The zero-order valence-corrected chi connectivity index (χ0v) is 21.3. The van der Waals surface area contributed by atoms with Crippen molar-refractivity contribution in [2.45, 2.75) is 26.2 Å². The van der Waals surface area contributed by atoms with Gasteiger partial charge < -0.3 is 4.74 Å². The Bertz CT molecular complexity index is 1750. The van der Waals surface area contributed by atoms with Crippen LogP contribution in [0.2, 0.25) is 0 Å². The van der Waals surface area contributed by atoms with Gasteiger partial charge in [0.1, 0.15) is 11.5 Å². The summed E-state index contributed by atoms with van der Waals surface area (Å²) in [7, 11) is 0. The lowest BCUT2D eigenvalue weighted by Gasteiger charge is -2.20. The molecule has 0 atom stereocenters. The van der Waals surface area contributed by atoms with Gasteiger partial charge in [0.25, 0.3) is 0 Å². The number of hydrogen-bond donors (Lipinski definition) is 0. The quantitative estimate of drug-likeness (QED) is 0.252. The molecule has 0 N–H and O–H groups in total. The van der Waals surface area contributed by atoms with E-state index in [0.29, 0.717) is 0 Å². The van der Waals surface area contributed by atoms with E-state index in [-0.39, 0.29) is 5.41 Å². The highest BCUT2D eigenvalue weighted by atomic mass is 16.5. The first-order valence-corrected chi connectivity index (χ1v) is 12.6. The summed E-state index contributed by atoms with van der Waals surface area (Å²) in [6, 6.07) is 35.4. The van der Waals surface area contributed by atoms with Gasteiger partial charge in [-0.1, -0.05) is 81.4 Å². The molecule has 0 radical (unpaired) electrons. The highest BCUT2D eigenvalue weighted by Crippen LogP contribution is 2.36. The number of ether oxygens (including phenoxy) is 1. The summed E-state index contributed by atoms with van der Waals surface area (Å²) < 4.78 is 6.44. The van der Waals surface area contributed by atoms with Crippen LogP contribution >= 0.6 is 0 Å². The number of hydrogen-bond acceptors (Lipinski definition) is 3. The number of pyridine rings is 2. The molecule has 0 spiro atoms. The van der Waals surface area contributed by atoms with E-state index < -0.39 is 0 Å². The third-order valence-corrected chi connectivity index (χ3v) is 6.73. The average molecular weight is 481 g/mol. The molecular weight excluding hydrogens is 452 g/mol. The zero-order valence-electron chi connectivity index (χ0n) is 21.3. The Labute approximate surface area is 217 Å². The van der Waals surface area contributed by atoms with Crippen LogP contribution in [0.1, 0.15) is 26.3 Å². The van der Waals surface area contributed by atoms with E-state index in [9.17, 15) is 0 Å². The monoisotopic (exact) mass is 480 g/mol. The first-order valence-electron chi connectivity index (χ1n) is 12.6. The summed E-state index contributed by atoms with van der Waals surface area (Å²) in [5.41, 5.74) is 5.24. The molecule has 0 saturated carbocycles. The Morgan fingerprint density at radius 2 is 1.38 bits per heavy atom. The molecule has 4 aromatic carbocycles. The first kappa shape index (κ1) is 22.9. The maximum atomic E-state index is 6.44. The van der Waals surface area contributed by atoms with Gasteiger partial charge in [0.15, 0.2) is 0 Å². The van der Waals surface area contributed by atoms with E-state index in [2.05, 4.69) is 105 Å². The van der Waals surface area contributed by atoms with Crippen LogP contribution < -0.4 is 4.74 Å². The Kier molecular flexibility index (Phi) is 5.69. The fraction of sp³-hybridized carbons (Fsp3) is 0.118. The van der Waals surface area contributed by atoms with Gasteiger partial charge in [-0.15, -0.1) is 0 Å². The second-order valence-electron chi connectivity index (χ2n) is 10.4. The lowest BCUT2D eigenvalue weighted by Crippen LogP contribution is -2.11. The minimum absolute atomic E-state index is 0.0405. The van der Waals surface area contributed by atoms with Gasteiger partial charge in [0.2, 0.25) is 0 Å². The topological polar surface area (TPSA) is 35.0 Å². The molecule has 0 unspecified atom stereocenters. The van der Waals surface area contributed by atoms with Crippen molar-refractivity contribution in [1.82, 2.24) is 9.97 Å². The molecule has 180 valence electrons. The second kappa shape index (κ2) is 9.18. The summed E-state index contributed by atoms with van der Waals surface area (Å²) in [5.74, 6) is 1.55. The van der Waals surface area contributed by atoms with Crippen LogP contribution in [0.25, 0.3) is 44.1 Å². The van der Waals surface area contributed by atoms with Crippen molar-refractivity contribution in [3.63, 3.8) is 0 Å².